The van der Waals surface area contributed by atoms with Crippen molar-refractivity contribution >= 4 is 12.3 Å². The Labute approximate surface area is 142 Å². The van der Waals surface area contributed by atoms with Crippen molar-refractivity contribution in [2.75, 3.05) is 6.61 Å². The molecule has 0 aromatic heterocycles. The summed E-state index contributed by atoms with van der Waals surface area (Å²) in [6.45, 7) is 8.32. The van der Waals surface area contributed by atoms with E-state index in [1.165, 1.54) is 64.2 Å². The number of carbonyl (C=O) groups excluding carboxylic acids is 2. The van der Waals surface area contributed by atoms with Gasteiger partial charge in [0.05, 0.1) is 6.61 Å². The van der Waals surface area contributed by atoms with Crippen LogP contribution in [-0.4, -0.2) is 18.9 Å². The van der Waals surface area contributed by atoms with E-state index in [4.69, 9.17) is 4.74 Å². The van der Waals surface area contributed by atoms with Crippen LogP contribution in [0.1, 0.15) is 90.9 Å². The van der Waals surface area contributed by atoms with Crippen LogP contribution < -0.4 is 0 Å². The number of unbranched alkanes of at least 4 members (excludes halogenated alkanes) is 9. The number of hydrogen-bond donors (Lipinski definition) is 0. The highest BCUT2D eigenvalue weighted by atomic mass is 16.5. The molecule has 0 aromatic rings. The van der Waals surface area contributed by atoms with Gasteiger partial charge in [0.2, 0.25) is 0 Å². The first-order valence-corrected chi connectivity index (χ1v) is 9.40. The molecule has 0 aliphatic carbocycles. The van der Waals surface area contributed by atoms with Crippen LogP contribution >= 0.6 is 0 Å². The number of esters is 1. The molecule has 0 amide bonds. The summed E-state index contributed by atoms with van der Waals surface area (Å²) in [5, 5.41) is 0. The zero-order chi connectivity index (χ0) is 17.3. The first-order chi connectivity index (χ1) is 11.1. The van der Waals surface area contributed by atoms with Crippen LogP contribution in [0.15, 0.2) is 12.2 Å². The molecule has 23 heavy (non-hydrogen) atoms. The molecule has 0 saturated carbocycles. The molecular formula is C20H36O3. The second-order valence-corrected chi connectivity index (χ2v) is 6.65. The minimum Gasteiger partial charge on any atom is -0.462 e. The fourth-order valence-electron chi connectivity index (χ4n) is 2.57. The molecule has 0 heterocycles. The van der Waals surface area contributed by atoms with E-state index in [1.54, 1.807) is 0 Å². The maximum absolute atomic E-state index is 11.5. The fourth-order valence-corrected chi connectivity index (χ4v) is 2.57. The van der Waals surface area contributed by atoms with Crippen molar-refractivity contribution in [3.05, 3.63) is 12.2 Å². The van der Waals surface area contributed by atoms with Crippen molar-refractivity contribution < 1.29 is 14.3 Å². The monoisotopic (exact) mass is 324 g/mol. The van der Waals surface area contributed by atoms with Gasteiger partial charge in [0.1, 0.15) is 6.29 Å². The van der Waals surface area contributed by atoms with Gasteiger partial charge in [0.15, 0.2) is 0 Å². The van der Waals surface area contributed by atoms with Gasteiger partial charge in [-0.1, -0.05) is 84.6 Å². The normalized spacial score (nSPS) is 11.9. The molecule has 134 valence electrons. The molecule has 0 N–H and O–H groups in total. The van der Waals surface area contributed by atoms with Gasteiger partial charge in [-0.05, 0) is 12.3 Å². The maximum Gasteiger partial charge on any atom is 0.333 e. The highest BCUT2D eigenvalue weighted by Gasteiger charge is 2.10. The van der Waals surface area contributed by atoms with Gasteiger partial charge in [0, 0.05) is 12.0 Å². The lowest BCUT2D eigenvalue weighted by Gasteiger charge is -2.12. The molecule has 0 aromatic carbocycles. The Kier molecular flexibility index (Phi) is 15.0. The molecular weight excluding hydrogens is 288 g/mol. The Bertz CT molecular complexity index is 323. The number of aldehydes is 1. The second kappa shape index (κ2) is 15.8. The molecule has 1 atom stereocenters. The molecule has 0 spiro atoms. The van der Waals surface area contributed by atoms with Gasteiger partial charge in [-0.3, -0.25) is 0 Å². The Morgan fingerprint density at radius 2 is 1.52 bits per heavy atom. The lowest BCUT2D eigenvalue weighted by atomic mass is 10.0. The standard InChI is InChI=1S/C20H36O3/c1-4-5-6-7-8-9-10-11-12-13-14-18(2)17-23-20(22)19(3)15-16-21/h16,18H,3-15,17H2,1-2H3. The summed E-state index contributed by atoms with van der Waals surface area (Å²) in [5.74, 6) is -0.0657. The van der Waals surface area contributed by atoms with Crippen molar-refractivity contribution in [1.82, 2.24) is 0 Å². The largest absolute Gasteiger partial charge is 0.462 e. The topological polar surface area (TPSA) is 43.4 Å². The van der Waals surface area contributed by atoms with Crippen LogP contribution in [0.25, 0.3) is 0 Å². The number of rotatable bonds is 16. The Morgan fingerprint density at radius 3 is 2.04 bits per heavy atom. The minimum atomic E-state index is -0.438. The highest BCUT2D eigenvalue weighted by molar-refractivity contribution is 5.90. The molecule has 0 aliphatic rings. The molecule has 0 saturated heterocycles. The van der Waals surface area contributed by atoms with Crippen molar-refractivity contribution in [1.29, 1.82) is 0 Å². The molecule has 0 radical (unpaired) electrons. The van der Waals surface area contributed by atoms with E-state index in [0.717, 1.165) is 6.42 Å². The van der Waals surface area contributed by atoms with Gasteiger partial charge in [0.25, 0.3) is 0 Å². The molecule has 3 nitrogen and oxygen atoms in total. The quantitative estimate of drug-likeness (QED) is 0.160. The summed E-state index contributed by atoms with van der Waals surface area (Å²) in [5.41, 5.74) is 0.242. The molecule has 0 aliphatic heterocycles. The first kappa shape index (κ1) is 21.9. The van der Waals surface area contributed by atoms with E-state index in [1.807, 2.05) is 0 Å². The molecule has 0 fully saturated rings. The number of carbonyl (C=O) groups is 2. The van der Waals surface area contributed by atoms with Crippen LogP contribution in [0.2, 0.25) is 0 Å². The van der Waals surface area contributed by atoms with Gasteiger partial charge < -0.3 is 9.53 Å². The summed E-state index contributed by atoms with van der Waals surface area (Å²) in [6.07, 6.45) is 15.2. The summed E-state index contributed by atoms with van der Waals surface area (Å²) in [6, 6.07) is 0. The van der Waals surface area contributed by atoms with Crippen molar-refractivity contribution in [3.8, 4) is 0 Å². The van der Waals surface area contributed by atoms with E-state index >= 15 is 0 Å². The van der Waals surface area contributed by atoms with Crippen molar-refractivity contribution in [2.24, 2.45) is 5.92 Å². The zero-order valence-electron chi connectivity index (χ0n) is 15.3. The predicted octanol–water partition coefficient (Wildman–Crippen LogP) is 5.62. The summed E-state index contributed by atoms with van der Waals surface area (Å²) >= 11 is 0. The summed E-state index contributed by atoms with van der Waals surface area (Å²) < 4.78 is 5.16. The van der Waals surface area contributed by atoms with E-state index in [-0.39, 0.29) is 12.0 Å². The molecule has 0 bridgehead atoms. The van der Waals surface area contributed by atoms with Crippen LogP contribution in [0.4, 0.5) is 0 Å². The van der Waals surface area contributed by atoms with Gasteiger partial charge >= 0.3 is 5.97 Å². The van der Waals surface area contributed by atoms with Crippen molar-refractivity contribution in [2.45, 2.75) is 90.9 Å². The number of ether oxygens (including phenoxy) is 1. The van der Waals surface area contributed by atoms with E-state index < -0.39 is 5.97 Å². The second-order valence-electron chi connectivity index (χ2n) is 6.65. The average molecular weight is 325 g/mol. The smallest absolute Gasteiger partial charge is 0.333 e. The summed E-state index contributed by atoms with van der Waals surface area (Å²) in [4.78, 5) is 21.8. The average Bonchev–Trinajstić information content (AvgIpc) is 2.54. The van der Waals surface area contributed by atoms with E-state index in [2.05, 4.69) is 20.4 Å². The van der Waals surface area contributed by atoms with Crippen LogP contribution in [0, 0.1) is 5.92 Å². The third-order valence-corrected chi connectivity index (χ3v) is 4.17. The highest BCUT2D eigenvalue weighted by Crippen LogP contribution is 2.14. The SMILES string of the molecule is C=C(CC=O)C(=O)OCC(C)CCCCCCCCCCCC. The predicted molar refractivity (Wildman–Crippen MR) is 96.4 cm³/mol. The maximum atomic E-state index is 11.5. The minimum absolute atomic E-state index is 0.0612. The molecule has 0 rings (SSSR count). The number of hydrogen-bond acceptors (Lipinski definition) is 3. The van der Waals surface area contributed by atoms with Crippen LogP contribution in [0.3, 0.4) is 0 Å². The fraction of sp³-hybridized carbons (Fsp3) is 0.800. The third kappa shape index (κ3) is 14.2. The Hall–Kier alpha value is -1.12. The van der Waals surface area contributed by atoms with E-state index in [0.29, 0.717) is 18.8 Å². The Morgan fingerprint density at radius 1 is 1.00 bits per heavy atom. The van der Waals surface area contributed by atoms with Gasteiger partial charge in [-0.15, -0.1) is 0 Å². The van der Waals surface area contributed by atoms with E-state index in [9.17, 15) is 9.59 Å². The van der Waals surface area contributed by atoms with Gasteiger partial charge in [-0.25, -0.2) is 4.79 Å². The molecule has 3 heteroatoms. The molecule has 1 unspecified atom stereocenters. The van der Waals surface area contributed by atoms with Crippen molar-refractivity contribution in [3.63, 3.8) is 0 Å². The van der Waals surface area contributed by atoms with Gasteiger partial charge in [-0.2, -0.15) is 0 Å². The third-order valence-electron chi connectivity index (χ3n) is 4.17. The lowest BCUT2D eigenvalue weighted by molar-refractivity contribution is -0.140. The zero-order valence-corrected chi connectivity index (χ0v) is 15.3. The Balaban J connectivity index is 3.39. The first-order valence-electron chi connectivity index (χ1n) is 9.40. The summed E-state index contributed by atoms with van der Waals surface area (Å²) in [7, 11) is 0. The van der Waals surface area contributed by atoms with Crippen LogP contribution in [0.5, 0.6) is 0 Å². The lowest BCUT2D eigenvalue weighted by Crippen LogP contribution is -2.13. The van der Waals surface area contributed by atoms with Crippen LogP contribution in [-0.2, 0) is 14.3 Å².